The quantitative estimate of drug-likeness (QED) is 0.928. The minimum absolute atomic E-state index is 0.0768. The number of rotatable bonds is 4. The van der Waals surface area contributed by atoms with Crippen LogP contribution in [0.4, 0.5) is 9.18 Å². The number of hydrogen-bond acceptors (Lipinski definition) is 3. The van der Waals surface area contributed by atoms with Crippen LogP contribution in [0.3, 0.4) is 0 Å². The van der Waals surface area contributed by atoms with Gasteiger partial charge in [0.2, 0.25) is 0 Å². The van der Waals surface area contributed by atoms with E-state index in [-0.39, 0.29) is 12.6 Å². The van der Waals surface area contributed by atoms with Gasteiger partial charge in [-0.2, -0.15) is 10.4 Å². The largest absolute Gasteiger partial charge is 0.334 e. The van der Waals surface area contributed by atoms with Crippen molar-refractivity contribution in [3.05, 3.63) is 53.6 Å². The van der Waals surface area contributed by atoms with Gasteiger partial charge in [0.05, 0.1) is 11.6 Å². The Morgan fingerprint density at radius 1 is 1.40 bits per heavy atom. The molecule has 1 N–H and O–H groups in total. The van der Waals surface area contributed by atoms with Gasteiger partial charge in [0.1, 0.15) is 5.82 Å². The summed E-state index contributed by atoms with van der Waals surface area (Å²) in [6.45, 7) is 2.30. The fourth-order valence-electron chi connectivity index (χ4n) is 3.05. The van der Waals surface area contributed by atoms with Crippen LogP contribution in [-0.2, 0) is 13.1 Å². The van der Waals surface area contributed by atoms with Crippen molar-refractivity contribution >= 4 is 6.03 Å². The van der Waals surface area contributed by atoms with Gasteiger partial charge in [-0.15, -0.1) is 0 Å². The van der Waals surface area contributed by atoms with E-state index in [1.54, 1.807) is 11.1 Å². The van der Waals surface area contributed by atoms with Crippen molar-refractivity contribution in [2.24, 2.45) is 5.92 Å². The minimum atomic E-state index is -0.419. The number of nitrogens with zero attached hydrogens (tertiary/aromatic N) is 4. The molecule has 130 valence electrons. The Hall–Kier alpha value is -2.88. The lowest BCUT2D eigenvalue weighted by atomic mass is 9.97. The summed E-state index contributed by atoms with van der Waals surface area (Å²) in [5.41, 5.74) is 0.700. The van der Waals surface area contributed by atoms with Gasteiger partial charge in [-0.3, -0.25) is 4.68 Å². The first kappa shape index (κ1) is 17.0. The normalized spacial score (nSPS) is 15.0. The molecule has 0 spiro atoms. The van der Waals surface area contributed by atoms with Crippen LogP contribution < -0.4 is 5.32 Å². The molecule has 2 heterocycles. The fraction of sp³-hybridized carbons (Fsp3) is 0.389. The predicted octanol–water partition coefficient (Wildman–Crippen LogP) is 2.52. The summed E-state index contributed by atoms with van der Waals surface area (Å²) >= 11 is 0. The average molecular weight is 341 g/mol. The van der Waals surface area contributed by atoms with Gasteiger partial charge in [-0.25, -0.2) is 9.18 Å². The van der Waals surface area contributed by atoms with Crippen molar-refractivity contribution in [2.75, 3.05) is 13.1 Å². The van der Waals surface area contributed by atoms with E-state index >= 15 is 0 Å². The lowest BCUT2D eigenvalue weighted by molar-refractivity contribution is 0.164. The highest BCUT2D eigenvalue weighted by atomic mass is 19.1. The molecule has 0 aliphatic carbocycles. The monoisotopic (exact) mass is 341 g/mol. The van der Waals surface area contributed by atoms with Crippen molar-refractivity contribution in [2.45, 2.75) is 25.9 Å². The van der Waals surface area contributed by atoms with Crippen LogP contribution in [0.2, 0.25) is 0 Å². The lowest BCUT2D eigenvalue weighted by Gasteiger charge is -2.32. The second-order valence-electron chi connectivity index (χ2n) is 6.24. The maximum atomic E-state index is 13.7. The summed E-state index contributed by atoms with van der Waals surface area (Å²) in [5, 5.41) is 15.8. The van der Waals surface area contributed by atoms with Gasteiger partial charge >= 0.3 is 6.03 Å². The Kier molecular flexibility index (Phi) is 5.29. The number of piperidine rings is 1. The van der Waals surface area contributed by atoms with Gasteiger partial charge in [0, 0.05) is 44.1 Å². The molecule has 1 aliphatic heterocycles. The number of nitrogens with one attached hydrogen (secondary N) is 1. The van der Waals surface area contributed by atoms with Crippen molar-refractivity contribution in [1.29, 1.82) is 5.26 Å². The number of carbonyl (C=O) groups is 1. The third-order valence-corrected chi connectivity index (χ3v) is 4.51. The second kappa shape index (κ2) is 7.79. The van der Waals surface area contributed by atoms with E-state index in [0.717, 1.165) is 19.4 Å². The third kappa shape index (κ3) is 4.35. The van der Waals surface area contributed by atoms with E-state index in [0.29, 0.717) is 30.1 Å². The number of likely N-dealkylation sites (tertiary alicyclic amines) is 1. The number of amides is 2. The molecule has 25 heavy (non-hydrogen) atoms. The van der Waals surface area contributed by atoms with E-state index in [9.17, 15) is 9.18 Å². The summed E-state index contributed by atoms with van der Waals surface area (Å²) in [4.78, 5) is 14.0. The molecular weight excluding hydrogens is 321 g/mol. The van der Waals surface area contributed by atoms with Crippen molar-refractivity contribution in [3.63, 3.8) is 0 Å². The van der Waals surface area contributed by atoms with Gasteiger partial charge in [0.25, 0.3) is 0 Å². The van der Waals surface area contributed by atoms with Crippen molar-refractivity contribution in [1.82, 2.24) is 20.0 Å². The zero-order chi connectivity index (χ0) is 17.6. The van der Waals surface area contributed by atoms with E-state index in [2.05, 4.69) is 10.4 Å². The number of nitriles is 1. The van der Waals surface area contributed by atoms with Crippen LogP contribution in [-0.4, -0.2) is 33.8 Å². The first-order valence-corrected chi connectivity index (χ1v) is 8.34. The Labute approximate surface area is 145 Å². The van der Waals surface area contributed by atoms with Gasteiger partial charge in [-0.1, -0.05) is 0 Å². The highest BCUT2D eigenvalue weighted by Crippen LogP contribution is 2.19. The molecule has 6 nitrogen and oxygen atoms in total. The number of carbonyl (C=O) groups excluding carboxylic acids is 1. The Morgan fingerprint density at radius 3 is 2.88 bits per heavy atom. The molecule has 7 heteroatoms. The first-order chi connectivity index (χ1) is 12.2. The summed E-state index contributed by atoms with van der Waals surface area (Å²) in [5.74, 6) is 0.0888. The van der Waals surface area contributed by atoms with Gasteiger partial charge < -0.3 is 10.2 Å². The van der Waals surface area contributed by atoms with Crippen LogP contribution in [0.15, 0.2) is 36.7 Å². The first-order valence-electron chi connectivity index (χ1n) is 8.34. The van der Waals surface area contributed by atoms with Crippen LogP contribution in [0.1, 0.15) is 24.0 Å². The lowest BCUT2D eigenvalue weighted by Crippen LogP contribution is -2.44. The second-order valence-corrected chi connectivity index (χ2v) is 6.24. The van der Waals surface area contributed by atoms with Crippen LogP contribution >= 0.6 is 0 Å². The molecule has 1 aliphatic rings. The maximum Gasteiger partial charge on any atom is 0.317 e. The van der Waals surface area contributed by atoms with E-state index in [1.807, 2.05) is 23.0 Å². The van der Waals surface area contributed by atoms with Crippen LogP contribution in [0.25, 0.3) is 0 Å². The number of benzene rings is 1. The highest BCUT2D eigenvalue weighted by molar-refractivity contribution is 5.74. The molecule has 0 radical (unpaired) electrons. The molecule has 0 bridgehead atoms. The Balaban J connectivity index is 1.47. The molecular formula is C18H20FN5O. The van der Waals surface area contributed by atoms with Crippen molar-refractivity contribution in [3.8, 4) is 6.07 Å². The zero-order valence-electron chi connectivity index (χ0n) is 13.9. The number of urea groups is 1. The molecule has 0 atom stereocenters. The summed E-state index contributed by atoms with van der Waals surface area (Å²) in [6.07, 6.45) is 5.56. The zero-order valence-corrected chi connectivity index (χ0v) is 13.9. The fourth-order valence-corrected chi connectivity index (χ4v) is 3.05. The maximum absolute atomic E-state index is 13.7. The van der Waals surface area contributed by atoms with E-state index in [1.165, 1.54) is 18.2 Å². The number of hydrogen-bond donors (Lipinski definition) is 1. The van der Waals surface area contributed by atoms with Gasteiger partial charge in [0.15, 0.2) is 0 Å². The molecule has 1 aromatic heterocycles. The SMILES string of the molecule is N#Cc1ccc(F)c(CNC(=O)N2CCC(Cn3cccn3)CC2)c1. The standard InChI is InChI=1S/C18H20FN5O/c19-17-3-2-15(11-20)10-16(17)12-21-18(25)23-8-4-14(5-9-23)13-24-7-1-6-22-24/h1-3,6-7,10,14H,4-5,8-9,12-13H2,(H,21,25). The van der Waals surface area contributed by atoms with Gasteiger partial charge in [-0.05, 0) is 43.0 Å². The van der Waals surface area contributed by atoms with E-state index < -0.39 is 5.82 Å². The topological polar surface area (TPSA) is 74.0 Å². The predicted molar refractivity (Wildman–Crippen MR) is 89.9 cm³/mol. The summed E-state index contributed by atoms with van der Waals surface area (Å²) in [7, 11) is 0. The minimum Gasteiger partial charge on any atom is -0.334 e. The third-order valence-electron chi connectivity index (χ3n) is 4.51. The average Bonchev–Trinajstić information content (AvgIpc) is 3.14. The molecule has 1 saturated heterocycles. The summed E-state index contributed by atoms with van der Waals surface area (Å²) in [6, 6.07) is 7.82. The number of halogens is 1. The Bertz CT molecular complexity index is 760. The van der Waals surface area contributed by atoms with Crippen molar-refractivity contribution < 1.29 is 9.18 Å². The molecule has 1 fully saturated rings. The summed E-state index contributed by atoms with van der Waals surface area (Å²) < 4.78 is 15.7. The molecule has 2 amide bonds. The molecule has 1 aromatic carbocycles. The smallest absolute Gasteiger partial charge is 0.317 e. The van der Waals surface area contributed by atoms with E-state index in [4.69, 9.17) is 5.26 Å². The molecule has 0 unspecified atom stereocenters. The Morgan fingerprint density at radius 2 is 2.20 bits per heavy atom. The number of aromatic nitrogens is 2. The highest BCUT2D eigenvalue weighted by Gasteiger charge is 2.23. The van der Waals surface area contributed by atoms with Crippen LogP contribution in [0, 0.1) is 23.1 Å². The van der Waals surface area contributed by atoms with Crippen LogP contribution in [0.5, 0.6) is 0 Å². The molecule has 0 saturated carbocycles. The molecule has 3 rings (SSSR count). The molecule has 2 aromatic rings.